The number of ether oxygens (including phenoxy) is 1. The van der Waals surface area contributed by atoms with Crippen molar-refractivity contribution in [1.82, 2.24) is 4.98 Å². The molecule has 1 heterocycles. The molecule has 124 valence electrons. The normalized spacial score (nSPS) is 13.6. The van der Waals surface area contributed by atoms with E-state index in [2.05, 4.69) is 23.2 Å². The van der Waals surface area contributed by atoms with Crippen molar-refractivity contribution in [2.45, 2.75) is 0 Å². The molecular weight excluding hydrogens is 312 g/mol. The van der Waals surface area contributed by atoms with Crippen molar-refractivity contribution in [2.75, 3.05) is 13.2 Å². The number of hydrogen-bond acceptors (Lipinski definition) is 4. The van der Waals surface area contributed by atoms with E-state index >= 15 is 0 Å². The van der Waals surface area contributed by atoms with E-state index in [1.165, 1.54) is 0 Å². The van der Waals surface area contributed by atoms with E-state index in [9.17, 15) is 5.11 Å². The van der Waals surface area contributed by atoms with Crippen molar-refractivity contribution < 1.29 is 9.84 Å². The van der Waals surface area contributed by atoms with Crippen LogP contribution in [0.3, 0.4) is 0 Å². The highest BCUT2D eigenvalue weighted by Crippen LogP contribution is 2.46. The SMILES string of the molecule is NCCOc1ncccc1C=C1c2ccccc2-c2ccc(O)cc21. The molecule has 0 aliphatic heterocycles. The first-order valence-electron chi connectivity index (χ1n) is 8.20. The van der Waals surface area contributed by atoms with Crippen molar-refractivity contribution in [2.24, 2.45) is 5.73 Å². The van der Waals surface area contributed by atoms with Crippen LogP contribution < -0.4 is 10.5 Å². The number of phenols is 1. The summed E-state index contributed by atoms with van der Waals surface area (Å²) in [5, 5.41) is 9.95. The van der Waals surface area contributed by atoms with Crippen LogP contribution in [0.15, 0.2) is 60.8 Å². The Labute approximate surface area is 146 Å². The van der Waals surface area contributed by atoms with Crippen molar-refractivity contribution in [3.8, 4) is 22.8 Å². The lowest BCUT2D eigenvalue weighted by atomic mass is 10.0. The van der Waals surface area contributed by atoms with Gasteiger partial charge in [-0.2, -0.15) is 0 Å². The molecule has 2 aromatic carbocycles. The van der Waals surface area contributed by atoms with Gasteiger partial charge in [-0.25, -0.2) is 4.98 Å². The molecule has 4 rings (SSSR count). The smallest absolute Gasteiger partial charge is 0.220 e. The molecule has 3 N–H and O–H groups in total. The quantitative estimate of drug-likeness (QED) is 0.599. The zero-order chi connectivity index (χ0) is 17.2. The average Bonchev–Trinajstić information content (AvgIpc) is 2.94. The molecule has 4 heteroatoms. The van der Waals surface area contributed by atoms with Gasteiger partial charge in [-0.3, -0.25) is 0 Å². The third-order valence-electron chi connectivity index (χ3n) is 4.26. The van der Waals surface area contributed by atoms with Gasteiger partial charge in [0.15, 0.2) is 0 Å². The number of pyridine rings is 1. The number of phenolic OH excluding ortho intramolecular Hbond substituents is 1. The lowest BCUT2D eigenvalue weighted by Gasteiger charge is -2.08. The molecule has 1 aliphatic carbocycles. The van der Waals surface area contributed by atoms with Gasteiger partial charge in [0.2, 0.25) is 5.88 Å². The molecule has 0 unspecified atom stereocenters. The van der Waals surface area contributed by atoms with Crippen molar-refractivity contribution >= 4 is 11.6 Å². The molecule has 1 aliphatic rings. The van der Waals surface area contributed by atoms with Gasteiger partial charge in [0.25, 0.3) is 0 Å². The van der Waals surface area contributed by atoms with Crippen LogP contribution >= 0.6 is 0 Å². The summed E-state index contributed by atoms with van der Waals surface area (Å²) < 4.78 is 5.67. The van der Waals surface area contributed by atoms with Gasteiger partial charge in [0.05, 0.1) is 0 Å². The summed E-state index contributed by atoms with van der Waals surface area (Å²) in [6.07, 6.45) is 3.76. The highest BCUT2D eigenvalue weighted by atomic mass is 16.5. The van der Waals surface area contributed by atoms with Gasteiger partial charge in [0, 0.05) is 18.3 Å². The van der Waals surface area contributed by atoms with Crippen LogP contribution in [0.25, 0.3) is 22.8 Å². The number of fused-ring (bicyclic) bond motifs is 3. The summed E-state index contributed by atoms with van der Waals surface area (Å²) >= 11 is 0. The predicted octanol–water partition coefficient (Wildman–Crippen LogP) is 3.69. The molecule has 1 aromatic heterocycles. The first-order chi connectivity index (χ1) is 12.3. The molecule has 25 heavy (non-hydrogen) atoms. The number of nitrogens with two attached hydrogens (primary N) is 1. The monoisotopic (exact) mass is 330 g/mol. The second-order valence-corrected chi connectivity index (χ2v) is 5.87. The first kappa shape index (κ1) is 15.4. The summed E-state index contributed by atoms with van der Waals surface area (Å²) in [4.78, 5) is 4.32. The number of rotatable bonds is 4. The molecular formula is C21H18N2O2. The minimum Gasteiger partial charge on any atom is -0.508 e. The molecule has 3 aromatic rings. The first-order valence-corrected chi connectivity index (χ1v) is 8.20. The fourth-order valence-electron chi connectivity index (χ4n) is 3.19. The second-order valence-electron chi connectivity index (χ2n) is 5.87. The van der Waals surface area contributed by atoms with Crippen LogP contribution in [0, 0.1) is 0 Å². The lowest BCUT2D eigenvalue weighted by molar-refractivity contribution is 0.315. The van der Waals surface area contributed by atoms with E-state index in [0.29, 0.717) is 19.0 Å². The zero-order valence-electron chi connectivity index (χ0n) is 13.6. The molecule has 4 nitrogen and oxygen atoms in total. The number of aromatic nitrogens is 1. The van der Waals surface area contributed by atoms with Gasteiger partial charge < -0.3 is 15.6 Å². The maximum absolute atomic E-state index is 9.95. The molecule has 0 amide bonds. The molecule has 0 radical (unpaired) electrons. The van der Waals surface area contributed by atoms with Crippen LogP contribution in [-0.4, -0.2) is 23.2 Å². The zero-order valence-corrected chi connectivity index (χ0v) is 13.6. The van der Waals surface area contributed by atoms with E-state index in [-0.39, 0.29) is 5.75 Å². The van der Waals surface area contributed by atoms with Gasteiger partial charge in [-0.1, -0.05) is 30.3 Å². The van der Waals surface area contributed by atoms with E-state index in [0.717, 1.165) is 33.4 Å². The summed E-state index contributed by atoms with van der Waals surface area (Å²) in [5.74, 6) is 0.815. The summed E-state index contributed by atoms with van der Waals surface area (Å²) in [6, 6.07) is 17.6. The Morgan fingerprint density at radius 3 is 2.60 bits per heavy atom. The van der Waals surface area contributed by atoms with Crippen molar-refractivity contribution in [3.05, 3.63) is 77.5 Å². The topological polar surface area (TPSA) is 68.4 Å². The van der Waals surface area contributed by atoms with E-state index < -0.39 is 0 Å². The molecule has 0 spiro atoms. The standard InChI is InChI=1S/C21H18N2O2/c22-9-11-25-21-14(4-3-10-23-21)12-19-17-6-2-1-5-16(17)18-8-7-15(24)13-20(18)19/h1-8,10,12-13,24H,9,11,22H2. The van der Waals surface area contributed by atoms with E-state index in [4.69, 9.17) is 10.5 Å². The third kappa shape index (κ3) is 2.77. The Balaban J connectivity index is 1.89. The average molecular weight is 330 g/mol. The van der Waals surface area contributed by atoms with Gasteiger partial charge in [-0.05, 0) is 58.2 Å². The van der Waals surface area contributed by atoms with E-state index in [1.54, 1.807) is 18.3 Å². The lowest BCUT2D eigenvalue weighted by Crippen LogP contribution is -2.11. The fourth-order valence-corrected chi connectivity index (χ4v) is 3.19. The summed E-state index contributed by atoms with van der Waals surface area (Å²) in [7, 11) is 0. The highest BCUT2D eigenvalue weighted by molar-refractivity contribution is 6.07. The Morgan fingerprint density at radius 1 is 0.960 bits per heavy atom. The van der Waals surface area contributed by atoms with Crippen LogP contribution in [0.5, 0.6) is 11.6 Å². The highest BCUT2D eigenvalue weighted by Gasteiger charge is 2.23. The minimum absolute atomic E-state index is 0.253. The van der Waals surface area contributed by atoms with Crippen LogP contribution in [-0.2, 0) is 0 Å². The fraction of sp³-hybridized carbons (Fsp3) is 0.0952. The van der Waals surface area contributed by atoms with Crippen molar-refractivity contribution in [3.63, 3.8) is 0 Å². The maximum atomic E-state index is 9.95. The molecule has 0 saturated carbocycles. The Kier molecular flexibility index (Phi) is 3.96. The molecule has 0 atom stereocenters. The minimum atomic E-state index is 0.253. The van der Waals surface area contributed by atoms with Gasteiger partial charge in [-0.15, -0.1) is 0 Å². The maximum Gasteiger partial charge on any atom is 0.220 e. The molecule has 0 fully saturated rings. The predicted molar refractivity (Wildman–Crippen MR) is 99.3 cm³/mol. The van der Waals surface area contributed by atoms with Crippen LogP contribution in [0.1, 0.15) is 16.7 Å². The number of hydrogen-bond donors (Lipinski definition) is 2. The molecule has 0 bridgehead atoms. The third-order valence-corrected chi connectivity index (χ3v) is 4.26. The second kappa shape index (κ2) is 6.42. The van der Waals surface area contributed by atoms with Crippen LogP contribution in [0.2, 0.25) is 0 Å². The Hall–Kier alpha value is -3.11. The Bertz CT molecular complexity index is 964. The van der Waals surface area contributed by atoms with Crippen molar-refractivity contribution in [1.29, 1.82) is 0 Å². The van der Waals surface area contributed by atoms with E-state index in [1.807, 2.05) is 30.3 Å². The van der Waals surface area contributed by atoms with Crippen LogP contribution in [0.4, 0.5) is 0 Å². The number of benzene rings is 2. The number of nitrogens with zero attached hydrogens (tertiary/aromatic N) is 1. The largest absolute Gasteiger partial charge is 0.508 e. The summed E-state index contributed by atoms with van der Waals surface area (Å²) in [5.41, 5.74) is 11.9. The summed E-state index contributed by atoms with van der Waals surface area (Å²) in [6.45, 7) is 0.854. The Morgan fingerprint density at radius 2 is 1.76 bits per heavy atom. The number of aromatic hydroxyl groups is 1. The van der Waals surface area contributed by atoms with Gasteiger partial charge in [0.1, 0.15) is 12.4 Å². The van der Waals surface area contributed by atoms with Gasteiger partial charge >= 0.3 is 0 Å². The molecule has 0 saturated heterocycles.